The number of nitrogens with one attached hydrogen (secondary N) is 1. The molecule has 0 saturated heterocycles. The van der Waals surface area contributed by atoms with Crippen LogP contribution in [0, 0.1) is 0 Å². The number of aliphatic imine (C=N–C) groups is 2. The molecule has 1 heterocycles. The van der Waals surface area contributed by atoms with E-state index in [1.54, 1.807) is 11.0 Å². The minimum atomic E-state index is -0.662. The molecule has 0 aromatic heterocycles. The number of nitrogens with two attached hydrogens (primary N) is 2. The molecule has 1 aliphatic rings. The van der Waals surface area contributed by atoms with E-state index in [-0.39, 0.29) is 23.2 Å². The van der Waals surface area contributed by atoms with E-state index < -0.39 is 5.66 Å². The average molecular weight is 503 g/mol. The van der Waals surface area contributed by atoms with Crippen LogP contribution >= 0.6 is 15.9 Å². The van der Waals surface area contributed by atoms with Crippen molar-refractivity contribution < 1.29 is 14.3 Å². The standard InChI is InChI=1S/C22H27BrN6O3/c1-22(2)28-20(24)27-21(25)29(22)16-7-4-9-18(13-16)32-11-5-10-31-17-8-3-6-15(12-17)26-19(30)14-23/h3-4,6-9,12-13H,5,10-11,14H2,1-2H3,(H,26,30)(H4,24,25,27,28). The van der Waals surface area contributed by atoms with E-state index in [9.17, 15) is 4.79 Å². The number of carbonyl (C=O) groups excluding carboxylic acids is 1. The molecule has 3 rings (SSSR count). The Balaban J connectivity index is 1.51. The summed E-state index contributed by atoms with van der Waals surface area (Å²) in [7, 11) is 0. The van der Waals surface area contributed by atoms with Crippen LogP contribution < -0.4 is 31.2 Å². The van der Waals surface area contributed by atoms with E-state index in [4.69, 9.17) is 20.9 Å². The summed E-state index contributed by atoms with van der Waals surface area (Å²) < 4.78 is 11.6. The van der Waals surface area contributed by atoms with Crippen molar-refractivity contribution in [3.63, 3.8) is 0 Å². The fourth-order valence-corrected chi connectivity index (χ4v) is 3.40. The van der Waals surface area contributed by atoms with Crippen LogP contribution in [0.1, 0.15) is 20.3 Å². The quantitative estimate of drug-likeness (QED) is 0.357. The highest BCUT2D eigenvalue weighted by Crippen LogP contribution is 2.30. The second-order valence-corrected chi connectivity index (χ2v) is 8.09. The predicted molar refractivity (Wildman–Crippen MR) is 131 cm³/mol. The molecule has 0 bridgehead atoms. The summed E-state index contributed by atoms with van der Waals surface area (Å²) in [5.41, 5.74) is 12.7. The predicted octanol–water partition coefficient (Wildman–Crippen LogP) is 3.05. The third-order valence-electron chi connectivity index (χ3n) is 4.53. The van der Waals surface area contributed by atoms with Crippen molar-refractivity contribution in [1.29, 1.82) is 0 Å². The Hall–Kier alpha value is -3.27. The van der Waals surface area contributed by atoms with Crippen LogP contribution in [0.4, 0.5) is 11.4 Å². The molecule has 10 heteroatoms. The summed E-state index contributed by atoms with van der Waals surface area (Å²) in [5.74, 6) is 1.71. The number of ether oxygens (including phenoxy) is 2. The molecule has 2 aromatic rings. The number of nitrogens with zero attached hydrogens (tertiary/aromatic N) is 3. The van der Waals surface area contributed by atoms with Gasteiger partial charge in [-0.05, 0) is 38.1 Å². The fraction of sp³-hybridized carbons (Fsp3) is 0.318. The lowest BCUT2D eigenvalue weighted by Gasteiger charge is -2.38. The van der Waals surface area contributed by atoms with Gasteiger partial charge in [0.25, 0.3) is 0 Å². The molecule has 0 aliphatic carbocycles. The molecule has 9 nitrogen and oxygen atoms in total. The van der Waals surface area contributed by atoms with Crippen molar-refractivity contribution >= 4 is 45.1 Å². The molecule has 0 radical (unpaired) electrons. The van der Waals surface area contributed by atoms with E-state index in [1.165, 1.54) is 0 Å². The largest absolute Gasteiger partial charge is 0.493 e. The molecular weight excluding hydrogens is 476 g/mol. The number of carbonyl (C=O) groups is 1. The summed E-state index contributed by atoms with van der Waals surface area (Å²) >= 11 is 3.12. The van der Waals surface area contributed by atoms with Gasteiger partial charge in [0, 0.05) is 29.9 Å². The smallest absolute Gasteiger partial charge is 0.235 e. The number of hydrogen-bond acceptors (Lipinski definition) is 8. The molecule has 0 fully saturated rings. The highest BCUT2D eigenvalue weighted by atomic mass is 79.9. The highest BCUT2D eigenvalue weighted by Gasteiger charge is 2.33. The molecule has 32 heavy (non-hydrogen) atoms. The molecule has 5 N–H and O–H groups in total. The first-order valence-electron chi connectivity index (χ1n) is 10.1. The number of benzene rings is 2. The van der Waals surface area contributed by atoms with Crippen LogP contribution in [-0.4, -0.2) is 42.0 Å². The van der Waals surface area contributed by atoms with Crippen molar-refractivity contribution in [3.8, 4) is 11.5 Å². The summed E-state index contributed by atoms with van der Waals surface area (Å²) in [4.78, 5) is 21.7. The molecule has 1 aliphatic heterocycles. The lowest BCUT2D eigenvalue weighted by Crippen LogP contribution is -2.54. The Kier molecular flexibility index (Phi) is 7.57. The van der Waals surface area contributed by atoms with Crippen LogP contribution in [0.3, 0.4) is 0 Å². The molecule has 0 unspecified atom stereocenters. The van der Waals surface area contributed by atoms with Gasteiger partial charge in [0.15, 0.2) is 0 Å². The van der Waals surface area contributed by atoms with Gasteiger partial charge in [0.2, 0.25) is 17.8 Å². The third-order valence-corrected chi connectivity index (χ3v) is 5.04. The maximum absolute atomic E-state index is 11.5. The van der Waals surface area contributed by atoms with Gasteiger partial charge < -0.3 is 26.3 Å². The lowest BCUT2D eigenvalue weighted by molar-refractivity contribution is -0.113. The molecule has 0 spiro atoms. The molecule has 0 saturated carbocycles. The molecular formula is C22H27BrN6O3. The number of guanidine groups is 2. The Morgan fingerprint density at radius 1 is 1.09 bits per heavy atom. The zero-order valence-corrected chi connectivity index (χ0v) is 19.6. The summed E-state index contributed by atoms with van der Waals surface area (Å²) in [5, 5.41) is 3.01. The van der Waals surface area contributed by atoms with Gasteiger partial charge in [-0.3, -0.25) is 9.69 Å². The number of anilines is 2. The van der Waals surface area contributed by atoms with E-state index in [0.29, 0.717) is 36.8 Å². The maximum atomic E-state index is 11.5. The second-order valence-electron chi connectivity index (χ2n) is 7.53. The average Bonchev–Trinajstić information content (AvgIpc) is 2.72. The van der Waals surface area contributed by atoms with E-state index in [1.807, 2.05) is 56.3 Å². The molecule has 1 amide bonds. The first-order chi connectivity index (χ1) is 15.3. The Labute approximate surface area is 195 Å². The van der Waals surface area contributed by atoms with Crippen LogP contribution in [0.25, 0.3) is 0 Å². The van der Waals surface area contributed by atoms with Gasteiger partial charge in [0.05, 0.1) is 18.5 Å². The number of amides is 1. The van der Waals surface area contributed by atoms with Gasteiger partial charge in [0.1, 0.15) is 17.2 Å². The molecule has 0 atom stereocenters. The first kappa shape index (κ1) is 23.4. The molecule has 170 valence electrons. The van der Waals surface area contributed by atoms with Crippen LogP contribution in [0.2, 0.25) is 0 Å². The van der Waals surface area contributed by atoms with Crippen LogP contribution in [0.15, 0.2) is 58.5 Å². The zero-order chi connectivity index (χ0) is 23.1. The van der Waals surface area contributed by atoms with Crippen LogP contribution in [-0.2, 0) is 4.79 Å². The van der Waals surface area contributed by atoms with Crippen molar-refractivity contribution in [3.05, 3.63) is 48.5 Å². The van der Waals surface area contributed by atoms with E-state index in [0.717, 1.165) is 5.69 Å². The minimum absolute atomic E-state index is 0.117. The third kappa shape index (κ3) is 6.13. The van der Waals surface area contributed by atoms with Gasteiger partial charge in [-0.2, -0.15) is 4.99 Å². The second kappa shape index (κ2) is 10.4. The van der Waals surface area contributed by atoms with E-state index >= 15 is 0 Å². The lowest BCUT2D eigenvalue weighted by atomic mass is 10.1. The van der Waals surface area contributed by atoms with E-state index in [2.05, 4.69) is 31.2 Å². The van der Waals surface area contributed by atoms with Gasteiger partial charge in [-0.25, -0.2) is 4.99 Å². The summed E-state index contributed by atoms with van der Waals surface area (Å²) in [6.45, 7) is 4.77. The SMILES string of the molecule is CC1(C)N=C(N)N=C(N)N1c1cccc(OCCCOc2cccc(NC(=O)CBr)c2)c1. The topological polar surface area (TPSA) is 128 Å². The highest BCUT2D eigenvalue weighted by molar-refractivity contribution is 9.09. The van der Waals surface area contributed by atoms with Crippen LogP contribution in [0.5, 0.6) is 11.5 Å². The number of halogens is 1. The first-order valence-corrected chi connectivity index (χ1v) is 11.2. The summed E-state index contributed by atoms with van der Waals surface area (Å²) in [6, 6.07) is 14.8. The normalized spacial score (nSPS) is 14.9. The number of hydrogen-bond donors (Lipinski definition) is 3. The van der Waals surface area contributed by atoms with Crippen molar-refractivity contribution in [1.82, 2.24) is 0 Å². The maximum Gasteiger partial charge on any atom is 0.235 e. The van der Waals surface area contributed by atoms with Crippen molar-refractivity contribution in [2.45, 2.75) is 25.9 Å². The number of alkyl halides is 1. The summed E-state index contributed by atoms with van der Waals surface area (Å²) in [6.07, 6.45) is 0.682. The van der Waals surface area contributed by atoms with Gasteiger partial charge >= 0.3 is 0 Å². The fourth-order valence-electron chi connectivity index (χ4n) is 3.26. The minimum Gasteiger partial charge on any atom is -0.493 e. The van der Waals surface area contributed by atoms with Gasteiger partial charge in [-0.1, -0.05) is 28.1 Å². The van der Waals surface area contributed by atoms with Crippen molar-refractivity contribution in [2.75, 3.05) is 28.8 Å². The van der Waals surface area contributed by atoms with Crippen molar-refractivity contribution in [2.24, 2.45) is 21.5 Å². The Morgan fingerprint density at radius 3 is 2.41 bits per heavy atom. The Morgan fingerprint density at radius 2 is 1.75 bits per heavy atom. The number of rotatable bonds is 9. The monoisotopic (exact) mass is 502 g/mol. The van der Waals surface area contributed by atoms with Gasteiger partial charge in [-0.15, -0.1) is 0 Å². The molecule has 2 aromatic carbocycles. The Bertz CT molecular complexity index is 1020. The zero-order valence-electron chi connectivity index (χ0n) is 18.0.